The maximum atomic E-state index is 4.57. The zero-order valence-electron chi connectivity index (χ0n) is 11.9. The van der Waals surface area contributed by atoms with Crippen LogP contribution in [0.2, 0.25) is 0 Å². The minimum absolute atomic E-state index is 0.595. The molecule has 102 valence electrons. The van der Waals surface area contributed by atoms with Crippen molar-refractivity contribution in [3.05, 3.63) is 40.1 Å². The Labute approximate surface area is 123 Å². The van der Waals surface area contributed by atoms with Crippen LogP contribution in [-0.2, 0) is 6.54 Å². The Morgan fingerprint density at radius 1 is 1.32 bits per heavy atom. The van der Waals surface area contributed by atoms with Crippen LogP contribution in [-0.4, -0.2) is 9.55 Å². The van der Waals surface area contributed by atoms with Crippen LogP contribution in [0.15, 0.2) is 28.9 Å². The van der Waals surface area contributed by atoms with Gasteiger partial charge in [-0.25, -0.2) is 4.98 Å². The zero-order chi connectivity index (χ0) is 14.0. The molecule has 0 aliphatic rings. The molecule has 2 aromatic rings. The fourth-order valence-corrected chi connectivity index (χ4v) is 2.39. The van der Waals surface area contributed by atoms with Crippen LogP contribution < -0.4 is 5.32 Å². The Kier molecular flexibility index (Phi) is 4.30. The van der Waals surface area contributed by atoms with Crippen LogP contribution in [0.3, 0.4) is 0 Å². The van der Waals surface area contributed by atoms with Gasteiger partial charge in [0.15, 0.2) is 0 Å². The van der Waals surface area contributed by atoms with Crippen LogP contribution in [0.1, 0.15) is 25.1 Å². The number of aromatic nitrogens is 2. The molecular formula is C15H20BrN3. The van der Waals surface area contributed by atoms with Gasteiger partial charge in [0.2, 0.25) is 5.95 Å². The van der Waals surface area contributed by atoms with Gasteiger partial charge in [-0.15, -0.1) is 0 Å². The molecule has 1 aromatic heterocycles. The Hall–Kier alpha value is -1.29. The van der Waals surface area contributed by atoms with Crippen LogP contribution in [0.25, 0.3) is 0 Å². The summed E-state index contributed by atoms with van der Waals surface area (Å²) in [6, 6.07) is 6.22. The molecular weight excluding hydrogens is 302 g/mol. The highest BCUT2D eigenvalue weighted by Gasteiger charge is 2.09. The fraction of sp³-hybridized carbons (Fsp3) is 0.400. The second-order valence-corrected chi connectivity index (χ2v) is 6.25. The van der Waals surface area contributed by atoms with Crippen molar-refractivity contribution in [1.29, 1.82) is 0 Å². The number of rotatable bonds is 4. The summed E-state index contributed by atoms with van der Waals surface area (Å²) in [4.78, 5) is 4.57. The minimum atomic E-state index is 0.595. The van der Waals surface area contributed by atoms with Crippen LogP contribution in [0, 0.1) is 19.8 Å². The smallest absolute Gasteiger partial charge is 0.207 e. The van der Waals surface area contributed by atoms with E-state index in [9.17, 15) is 0 Å². The lowest BCUT2D eigenvalue weighted by molar-refractivity contribution is 0.527. The lowest BCUT2D eigenvalue weighted by Crippen LogP contribution is -2.07. The number of aryl methyl sites for hydroxylation is 2. The molecule has 19 heavy (non-hydrogen) atoms. The first-order valence-corrected chi connectivity index (χ1v) is 7.32. The molecule has 4 heteroatoms. The molecule has 1 heterocycles. The van der Waals surface area contributed by atoms with Gasteiger partial charge in [-0.1, -0.05) is 35.8 Å². The Morgan fingerprint density at radius 3 is 2.74 bits per heavy atom. The van der Waals surface area contributed by atoms with Crippen molar-refractivity contribution in [2.24, 2.45) is 5.92 Å². The summed E-state index contributed by atoms with van der Waals surface area (Å²) in [5.41, 5.74) is 3.33. The number of hydrogen-bond donors (Lipinski definition) is 1. The summed E-state index contributed by atoms with van der Waals surface area (Å²) in [6.45, 7) is 9.51. The van der Waals surface area contributed by atoms with Gasteiger partial charge in [0.1, 0.15) is 0 Å². The van der Waals surface area contributed by atoms with Gasteiger partial charge in [-0.05, 0) is 37.5 Å². The average molecular weight is 322 g/mol. The van der Waals surface area contributed by atoms with E-state index < -0.39 is 0 Å². The maximum Gasteiger partial charge on any atom is 0.207 e. The van der Waals surface area contributed by atoms with E-state index in [2.05, 4.69) is 69.9 Å². The molecule has 0 aliphatic heterocycles. The molecule has 3 nitrogen and oxygen atoms in total. The summed E-state index contributed by atoms with van der Waals surface area (Å²) in [5, 5.41) is 3.43. The predicted molar refractivity (Wildman–Crippen MR) is 84.0 cm³/mol. The number of hydrogen-bond acceptors (Lipinski definition) is 2. The molecule has 0 bridgehead atoms. The van der Waals surface area contributed by atoms with Gasteiger partial charge in [-0.3, -0.25) is 0 Å². The van der Waals surface area contributed by atoms with Gasteiger partial charge >= 0.3 is 0 Å². The van der Waals surface area contributed by atoms with Gasteiger partial charge in [0.25, 0.3) is 0 Å². The highest BCUT2D eigenvalue weighted by atomic mass is 79.9. The number of anilines is 2. The summed E-state index contributed by atoms with van der Waals surface area (Å²) >= 11 is 3.51. The van der Waals surface area contributed by atoms with E-state index in [1.807, 2.05) is 13.0 Å². The normalized spacial score (nSPS) is 11.1. The Morgan fingerprint density at radius 2 is 2.05 bits per heavy atom. The fourth-order valence-electron chi connectivity index (χ4n) is 2.03. The van der Waals surface area contributed by atoms with Crippen molar-refractivity contribution in [2.45, 2.75) is 34.2 Å². The van der Waals surface area contributed by atoms with Gasteiger partial charge in [0.05, 0.1) is 5.69 Å². The summed E-state index contributed by atoms with van der Waals surface area (Å²) in [5.74, 6) is 1.50. The lowest BCUT2D eigenvalue weighted by Gasteiger charge is -2.13. The van der Waals surface area contributed by atoms with E-state index in [4.69, 9.17) is 0 Å². The van der Waals surface area contributed by atoms with Crippen molar-refractivity contribution < 1.29 is 0 Å². The first kappa shape index (κ1) is 14.1. The topological polar surface area (TPSA) is 29.9 Å². The molecule has 0 atom stereocenters. The molecule has 0 saturated heterocycles. The van der Waals surface area contributed by atoms with Gasteiger partial charge in [-0.2, -0.15) is 0 Å². The summed E-state index contributed by atoms with van der Waals surface area (Å²) in [7, 11) is 0. The monoisotopic (exact) mass is 321 g/mol. The maximum absolute atomic E-state index is 4.57. The van der Waals surface area contributed by atoms with E-state index in [1.54, 1.807) is 0 Å². The molecule has 0 amide bonds. The third-order valence-corrected chi connectivity index (χ3v) is 3.40. The largest absolute Gasteiger partial charge is 0.325 e. The van der Waals surface area contributed by atoms with Crippen molar-refractivity contribution in [2.75, 3.05) is 5.32 Å². The average Bonchev–Trinajstić information content (AvgIpc) is 2.63. The molecule has 1 aromatic carbocycles. The van der Waals surface area contributed by atoms with Crippen molar-refractivity contribution in [3.8, 4) is 0 Å². The number of imidazole rings is 1. The number of nitrogens with one attached hydrogen (secondary N) is 1. The van der Waals surface area contributed by atoms with E-state index in [0.717, 1.165) is 28.3 Å². The first-order chi connectivity index (χ1) is 8.95. The van der Waals surface area contributed by atoms with Crippen LogP contribution >= 0.6 is 15.9 Å². The highest BCUT2D eigenvalue weighted by Crippen LogP contribution is 2.24. The molecule has 0 fully saturated rings. The third-order valence-electron chi connectivity index (χ3n) is 2.90. The molecule has 0 saturated carbocycles. The Bertz CT molecular complexity index is 573. The number of halogens is 1. The SMILES string of the molecule is Cc1cn(CC(C)C)c(Nc2cc(Br)ccc2C)n1. The zero-order valence-corrected chi connectivity index (χ0v) is 13.5. The van der Waals surface area contributed by atoms with Crippen molar-refractivity contribution in [1.82, 2.24) is 9.55 Å². The second kappa shape index (κ2) is 5.78. The Balaban J connectivity index is 2.29. The molecule has 0 aliphatic carbocycles. The van der Waals surface area contributed by atoms with Gasteiger partial charge < -0.3 is 9.88 Å². The molecule has 0 radical (unpaired) electrons. The van der Waals surface area contributed by atoms with Gasteiger partial charge in [0, 0.05) is 22.9 Å². The molecule has 2 rings (SSSR count). The number of benzene rings is 1. The quantitative estimate of drug-likeness (QED) is 0.887. The van der Waals surface area contributed by atoms with E-state index >= 15 is 0 Å². The van der Waals surface area contributed by atoms with Crippen molar-refractivity contribution >= 4 is 27.6 Å². The third kappa shape index (κ3) is 3.60. The summed E-state index contributed by atoms with van der Waals surface area (Å²) < 4.78 is 3.25. The lowest BCUT2D eigenvalue weighted by atomic mass is 10.2. The predicted octanol–water partition coefficient (Wildman–Crippen LogP) is 4.66. The number of nitrogens with zero attached hydrogens (tertiary/aromatic N) is 2. The molecule has 1 N–H and O–H groups in total. The van der Waals surface area contributed by atoms with E-state index in [-0.39, 0.29) is 0 Å². The highest BCUT2D eigenvalue weighted by molar-refractivity contribution is 9.10. The van der Waals surface area contributed by atoms with Crippen LogP contribution in [0.5, 0.6) is 0 Å². The van der Waals surface area contributed by atoms with E-state index in [0.29, 0.717) is 5.92 Å². The van der Waals surface area contributed by atoms with Crippen LogP contribution in [0.4, 0.5) is 11.6 Å². The second-order valence-electron chi connectivity index (χ2n) is 5.34. The molecule has 0 unspecified atom stereocenters. The first-order valence-electron chi connectivity index (χ1n) is 6.52. The molecule has 0 spiro atoms. The van der Waals surface area contributed by atoms with E-state index in [1.165, 1.54) is 5.56 Å². The van der Waals surface area contributed by atoms with Crippen molar-refractivity contribution in [3.63, 3.8) is 0 Å². The summed E-state index contributed by atoms with van der Waals surface area (Å²) in [6.07, 6.45) is 2.09. The minimum Gasteiger partial charge on any atom is -0.325 e. The standard InChI is InChI=1S/C15H20BrN3/c1-10(2)8-19-9-12(4)17-15(19)18-14-7-13(16)6-5-11(14)3/h5-7,9-10H,8H2,1-4H3,(H,17,18).